The number of halogens is 1. The molecular formula is C24H17ClN2O3S. The van der Waals surface area contributed by atoms with Gasteiger partial charge in [0, 0.05) is 6.08 Å². The molecule has 1 aliphatic rings. The summed E-state index contributed by atoms with van der Waals surface area (Å²) < 4.78 is 11.7. The van der Waals surface area contributed by atoms with Crippen molar-refractivity contribution in [2.45, 2.75) is 6.54 Å². The first-order valence-corrected chi connectivity index (χ1v) is 10.8. The van der Waals surface area contributed by atoms with Crippen molar-refractivity contribution in [1.82, 2.24) is 4.98 Å². The minimum atomic E-state index is -0.170. The SMILES string of the molecule is O=C(/C=C/c1ccc2c(c1)OCO2)N(Cc1ccccc1)c1nc2c(Cl)cccc2s1. The zero-order valence-electron chi connectivity index (χ0n) is 16.3. The van der Waals surface area contributed by atoms with E-state index in [1.807, 2.05) is 60.7 Å². The molecule has 5 nitrogen and oxygen atoms in total. The molecule has 0 radical (unpaired) electrons. The van der Waals surface area contributed by atoms with Gasteiger partial charge in [0.2, 0.25) is 6.79 Å². The van der Waals surface area contributed by atoms with Crippen molar-refractivity contribution in [2.75, 3.05) is 11.7 Å². The average Bonchev–Trinajstić information content (AvgIpc) is 3.44. The van der Waals surface area contributed by atoms with Crippen LogP contribution in [0.5, 0.6) is 11.5 Å². The van der Waals surface area contributed by atoms with Gasteiger partial charge in [-0.1, -0.05) is 65.4 Å². The van der Waals surface area contributed by atoms with Gasteiger partial charge in [0.05, 0.1) is 16.3 Å². The molecule has 31 heavy (non-hydrogen) atoms. The lowest BCUT2D eigenvalue weighted by molar-refractivity contribution is -0.114. The molecule has 0 atom stereocenters. The van der Waals surface area contributed by atoms with E-state index in [-0.39, 0.29) is 12.7 Å². The Morgan fingerprint density at radius 1 is 1.06 bits per heavy atom. The van der Waals surface area contributed by atoms with E-state index >= 15 is 0 Å². The summed E-state index contributed by atoms with van der Waals surface area (Å²) in [6, 6.07) is 21.1. The van der Waals surface area contributed by atoms with E-state index in [0.29, 0.717) is 33.7 Å². The van der Waals surface area contributed by atoms with E-state index < -0.39 is 0 Å². The average molecular weight is 449 g/mol. The Balaban J connectivity index is 1.47. The second kappa shape index (κ2) is 8.41. The summed E-state index contributed by atoms with van der Waals surface area (Å²) in [6.45, 7) is 0.620. The highest BCUT2D eigenvalue weighted by molar-refractivity contribution is 7.22. The minimum absolute atomic E-state index is 0.170. The first-order valence-electron chi connectivity index (χ1n) is 9.65. The number of amides is 1. The number of anilines is 1. The van der Waals surface area contributed by atoms with E-state index in [9.17, 15) is 4.79 Å². The summed E-state index contributed by atoms with van der Waals surface area (Å²) in [6.07, 6.45) is 3.32. The van der Waals surface area contributed by atoms with E-state index in [4.69, 9.17) is 21.1 Å². The molecule has 0 saturated heterocycles. The lowest BCUT2D eigenvalue weighted by atomic mass is 10.2. The van der Waals surface area contributed by atoms with Crippen LogP contribution in [0.4, 0.5) is 5.13 Å². The Morgan fingerprint density at radius 2 is 1.90 bits per heavy atom. The van der Waals surface area contributed by atoms with Crippen LogP contribution in [0.3, 0.4) is 0 Å². The molecule has 1 aliphatic heterocycles. The van der Waals surface area contributed by atoms with Crippen molar-refractivity contribution in [1.29, 1.82) is 0 Å². The van der Waals surface area contributed by atoms with Crippen molar-refractivity contribution in [3.8, 4) is 11.5 Å². The molecule has 3 aromatic carbocycles. The maximum absolute atomic E-state index is 13.2. The van der Waals surface area contributed by atoms with Crippen LogP contribution in [0.1, 0.15) is 11.1 Å². The van der Waals surface area contributed by atoms with Crippen LogP contribution in [0.2, 0.25) is 5.02 Å². The highest BCUT2D eigenvalue weighted by atomic mass is 35.5. The first-order chi connectivity index (χ1) is 15.2. The summed E-state index contributed by atoms with van der Waals surface area (Å²) in [5.74, 6) is 1.22. The molecule has 0 N–H and O–H groups in total. The predicted octanol–water partition coefficient (Wildman–Crippen LogP) is 5.93. The molecule has 0 bridgehead atoms. The largest absolute Gasteiger partial charge is 0.454 e. The number of hydrogen-bond donors (Lipinski definition) is 0. The highest BCUT2D eigenvalue weighted by Crippen LogP contribution is 2.34. The number of carbonyl (C=O) groups excluding carboxylic acids is 1. The molecule has 5 rings (SSSR count). The number of rotatable bonds is 5. The molecule has 1 amide bonds. The van der Waals surface area contributed by atoms with Gasteiger partial charge in [-0.05, 0) is 41.5 Å². The fourth-order valence-corrected chi connectivity index (χ4v) is 4.57. The number of hydrogen-bond acceptors (Lipinski definition) is 5. The zero-order chi connectivity index (χ0) is 21.2. The van der Waals surface area contributed by atoms with Gasteiger partial charge in [-0.2, -0.15) is 0 Å². The van der Waals surface area contributed by atoms with Crippen LogP contribution in [-0.2, 0) is 11.3 Å². The Morgan fingerprint density at radius 3 is 2.74 bits per heavy atom. The molecule has 0 unspecified atom stereocenters. The zero-order valence-corrected chi connectivity index (χ0v) is 17.9. The molecule has 1 aromatic heterocycles. The molecule has 0 fully saturated rings. The molecule has 0 saturated carbocycles. The van der Waals surface area contributed by atoms with E-state index in [0.717, 1.165) is 15.8 Å². The van der Waals surface area contributed by atoms with Crippen molar-refractivity contribution in [3.05, 3.63) is 89.0 Å². The molecular weight excluding hydrogens is 432 g/mol. The number of nitrogens with zero attached hydrogens (tertiary/aromatic N) is 2. The lowest BCUT2D eigenvalue weighted by Crippen LogP contribution is -2.28. The third-order valence-corrected chi connectivity index (χ3v) is 6.20. The summed E-state index contributed by atoms with van der Waals surface area (Å²) in [5.41, 5.74) is 2.57. The van der Waals surface area contributed by atoms with Gasteiger partial charge in [0.25, 0.3) is 5.91 Å². The maximum Gasteiger partial charge on any atom is 0.253 e. The normalized spacial score (nSPS) is 12.5. The number of fused-ring (bicyclic) bond motifs is 2. The Kier molecular flexibility index (Phi) is 5.32. The Bertz CT molecular complexity index is 1290. The molecule has 7 heteroatoms. The summed E-state index contributed by atoms with van der Waals surface area (Å²) in [4.78, 5) is 19.6. The van der Waals surface area contributed by atoms with Crippen molar-refractivity contribution >= 4 is 50.3 Å². The van der Waals surface area contributed by atoms with Gasteiger partial charge in [-0.3, -0.25) is 9.69 Å². The fourth-order valence-electron chi connectivity index (χ4n) is 3.30. The van der Waals surface area contributed by atoms with Gasteiger partial charge >= 0.3 is 0 Å². The number of benzene rings is 3. The first kappa shape index (κ1) is 19.6. The summed E-state index contributed by atoms with van der Waals surface area (Å²) in [5, 5.41) is 1.18. The van der Waals surface area contributed by atoms with Crippen LogP contribution in [0, 0.1) is 0 Å². The smallest absolute Gasteiger partial charge is 0.253 e. The van der Waals surface area contributed by atoms with Crippen molar-refractivity contribution in [3.63, 3.8) is 0 Å². The minimum Gasteiger partial charge on any atom is -0.454 e. The highest BCUT2D eigenvalue weighted by Gasteiger charge is 2.19. The summed E-state index contributed by atoms with van der Waals surface area (Å²) in [7, 11) is 0. The number of aromatic nitrogens is 1. The lowest BCUT2D eigenvalue weighted by Gasteiger charge is -2.18. The number of ether oxygens (including phenoxy) is 2. The monoisotopic (exact) mass is 448 g/mol. The van der Waals surface area contributed by atoms with Crippen LogP contribution < -0.4 is 14.4 Å². The van der Waals surface area contributed by atoms with E-state index in [2.05, 4.69) is 4.98 Å². The van der Waals surface area contributed by atoms with Crippen molar-refractivity contribution in [2.24, 2.45) is 0 Å². The van der Waals surface area contributed by atoms with Crippen LogP contribution in [0.15, 0.2) is 72.8 Å². The molecule has 0 spiro atoms. The Hall–Kier alpha value is -3.35. The fraction of sp³-hybridized carbons (Fsp3) is 0.0833. The molecule has 2 heterocycles. The van der Waals surface area contributed by atoms with Crippen molar-refractivity contribution < 1.29 is 14.3 Å². The van der Waals surface area contributed by atoms with Crippen LogP contribution in [0.25, 0.3) is 16.3 Å². The van der Waals surface area contributed by atoms with E-state index in [1.54, 1.807) is 23.1 Å². The molecule has 0 aliphatic carbocycles. The van der Waals surface area contributed by atoms with Gasteiger partial charge in [-0.25, -0.2) is 4.98 Å². The van der Waals surface area contributed by atoms with Gasteiger partial charge in [0.1, 0.15) is 5.52 Å². The maximum atomic E-state index is 13.2. The number of para-hydroxylation sites is 1. The van der Waals surface area contributed by atoms with E-state index in [1.165, 1.54) is 11.3 Å². The predicted molar refractivity (Wildman–Crippen MR) is 124 cm³/mol. The van der Waals surface area contributed by atoms with Crippen LogP contribution >= 0.6 is 22.9 Å². The van der Waals surface area contributed by atoms with Crippen LogP contribution in [-0.4, -0.2) is 17.7 Å². The Labute approximate surface area is 188 Å². The third-order valence-electron chi connectivity index (χ3n) is 4.85. The topological polar surface area (TPSA) is 51.7 Å². The van der Waals surface area contributed by atoms with Gasteiger partial charge in [0.15, 0.2) is 16.6 Å². The second-order valence-electron chi connectivity index (χ2n) is 6.94. The van der Waals surface area contributed by atoms with Gasteiger partial charge in [-0.15, -0.1) is 0 Å². The third kappa shape index (κ3) is 4.13. The number of thiazole rings is 1. The molecule has 154 valence electrons. The standard InChI is InChI=1S/C24H17ClN2O3S/c25-18-7-4-8-21-23(18)26-24(31-21)27(14-17-5-2-1-3-6-17)22(28)12-10-16-9-11-19-20(13-16)30-15-29-19/h1-13H,14-15H2/b12-10+. The number of carbonyl (C=O) groups is 1. The summed E-state index contributed by atoms with van der Waals surface area (Å²) >= 11 is 7.75. The second-order valence-corrected chi connectivity index (χ2v) is 8.36. The molecule has 4 aromatic rings. The quantitative estimate of drug-likeness (QED) is 0.355. The van der Waals surface area contributed by atoms with Gasteiger partial charge < -0.3 is 9.47 Å².